The third-order valence-corrected chi connectivity index (χ3v) is 5.46. The summed E-state index contributed by atoms with van der Waals surface area (Å²) in [5.41, 5.74) is 3.01. The molecule has 1 amide bonds. The van der Waals surface area contributed by atoms with Crippen LogP contribution in [0.3, 0.4) is 0 Å². The van der Waals surface area contributed by atoms with E-state index in [4.69, 9.17) is 18.9 Å². The first kappa shape index (κ1) is 16.3. The number of carbonyl (C=O) groups excluding carboxylic acids is 1. The molecule has 3 aliphatic heterocycles. The Morgan fingerprint density at radius 1 is 0.966 bits per heavy atom. The van der Waals surface area contributed by atoms with Crippen LogP contribution in [-0.4, -0.2) is 29.3 Å². The number of carbonyl (C=O) groups is 1. The second-order valence-corrected chi connectivity index (χ2v) is 7.21. The van der Waals surface area contributed by atoms with Crippen molar-refractivity contribution < 1.29 is 23.7 Å². The SMILES string of the molecule is O=C1C[C@@H](c2ccc3c(c2)OCO3)c2cnn(Cc3ccc4c(c3)OCO4)c2N1. The molecule has 0 bridgehead atoms. The predicted molar refractivity (Wildman–Crippen MR) is 102 cm³/mol. The van der Waals surface area contributed by atoms with E-state index in [1.54, 1.807) is 0 Å². The summed E-state index contributed by atoms with van der Waals surface area (Å²) in [5.74, 6) is 3.52. The topological polar surface area (TPSA) is 83.8 Å². The van der Waals surface area contributed by atoms with Crippen molar-refractivity contribution in [3.05, 3.63) is 59.3 Å². The van der Waals surface area contributed by atoms with E-state index in [1.807, 2.05) is 47.3 Å². The number of aromatic nitrogens is 2. The number of amides is 1. The summed E-state index contributed by atoms with van der Waals surface area (Å²) in [6.07, 6.45) is 2.19. The largest absolute Gasteiger partial charge is 0.454 e. The zero-order valence-corrected chi connectivity index (χ0v) is 15.4. The Morgan fingerprint density at radius 2 is 1.69 bits per heavy atom. The first-order valence-corrected chi connectivity index (χ1v) is 9.38. The van der Waals surface area contributed by atoms with Crippen LogP contribution in [0.5, 0.6) is 23.0 Å². The summed E-state index contributed by atoms with van der Waals surface area (Å²) in [4.78, 5) is 12.5. The number of nitrogens with one attached hydrogen (secondary N) is 1. The Labute approximate surface area is 165 Å². The van der Waals surface area contributed by atoms with Crippen molar-refractivity contribution in [2.75, 3.05) is 18.9 Å². The van der Waals surface area contributed by atoms with E-state index in [-0.39, 0.29) is 25.4 Å². The molecule has 3 aromatic rings. The van der Waals surface area contributed by atoms with Crippen LogP contribution in [-0.2, 0) is 11.3 Å². The third kappa shape index (κ3) is 2.67. The van der Waals surface area contributed by atoms with Crippen molar-refractivity contribution in [1.29, 1.82) is 0 Å². The molecule has 0 unspecified atom stereocenters. The zero-order chi connectivity index (χ0) is 19.4. The van der Waals surface area contributed by atoms with Gasteiger partial charge >= 0.3 is 0 Å². The highest BCUT2D eigenvalue weighted by atomic mass is 16.7. The van der Waals surface area contributed by atoms with E-state index in [0.717, 1.165) is 39.8 Å². The first-order chi connectivity index (χ1) is 14.2. The molecule has 0 saturated carbocycles. The fourth-order valence-electron chi connectivity index (χ4n) is 4.03. The molecule has 0 fully saturated rings. The molecule has 0 radical (unpaired) electrons. The molecule has 1 atom stereocenters. The molecule has 4 heterocycles. The third-order valence-electron chi connectivity index (χ3n) is 5.46. The monoisotopic (exact) mass is 391 g/mol. The highest BCUT2D eigenvalue weighted by molar-refractivity contribution is 5.94. The fourth-order valence-corrected chi connectivity index (χ4v) is 4.03. The van der Waals surface area contributed by atoms with Crippen LogP contribution in [0.15, 0.2) is 42.6 Å². The number of fused-ring (bicyclic) bond motifs is 3. The number of nitrogens with zero attached hydrogens (tertiary/aromatic N) is 2. The van der Waals surface area contributed by atoms with Crippen LogP contribution in [0.4, 0.5) is 5.82 Å². The van der Waals surface area contributed by atoms with Crippen LogP contribution in [0.2, 0.25) is 0 Å². The fraction of sp³-hybridized carbons (Fsp3) is 0.238. The summed E-state index contributed by atoms with van der Waals surface area (Å²) in [7, 11) is 0. The summed E-state index contributed by atoms with van der Waals surface area (Å²) >= 11 is 0. The van der Waals surface area contributed by atoms with Crippen molar-refractivity contribution in [3.8, 4) is 23.0 Å². The van der Waals surface area contributed by atoms with Gasteiger partial charge in [0.05, 0.1) is 12.7 Å². The van der Waals surface area contributed by atoms with Crippen molar-refractivity contribution in [1.82, 2.24) is 9.78 Å². The van der Waals surface area contributed by atoms with Crippen LogP contribution in [0, 0.1) is 0 Å². The molecule has 0 aliphatic carbocycles. The van der Waals surface area contributed by atoms with E-state index in [2.05, 4.69) is 10.4 Å². The van der Waals surface area contributed by atoms with E-state index in [9.17, 15) is 4.79 Å². The first-order valence-electron chi connectivity index (χ1n) is 9.38. The molecule has 8 nitrogen and oxygen atoms in total. The molecule has 0 spiro atoms. The lowest BCUT2D eigenvalue weighted by molar-refractivity contribution is -0.116. The number of anilines is 1. The average molecular weight is 391 g/mol. The highest BCUT2D eigenvalue weighted by Gasteiger charge is 2.31. The minimum atomic E-state index is -0.0845. The minimum Gasteiger partial charge on any atom is -0.454 e. The molecule has 3 aliphatic rings. The van der Waals surface area contributed by atoms with Gasteiger partial charge in [0.1, 0.15) is 5.82 Å². The van der Waals surface area contributed by atoms with Gasteiger partial charge in [0.15, 0.2) is 23.0 Å². The van der Waals surface area contributed by atoms with E-state index in [0.29, 0.717) is 18.7 Å². The van der Waals surface area contributed by atoms with Crippen LogP contribution in [0.25, 0.3) is 0 Å². The molecule has 1 N–H and O–H groups in total. The quantitative estimate of drug-likeness (QED) is 0.739. The number of rotatable bonds is 3. The van der Waals surface area contributed by atoms with Gasteiger partial charge in [-0.2, -0.15) is 5.10 Å². The van der Waals surface area contributed by atoms with Gasteiger partial charge in [0, 0.05) is 17.9 Å². The van der Waals surface area contributed by atoms with Gasteiger partial charge in [-0.05, 0) is 35.4 Å². The summed E-state index contributed by atoms with van der Waals surface area (Å²) < 4.78 is 23.5. The lowest BCUT2D eigenvalue weighted by Gasteiger charge is -2.24. The molecular formula is C21H17N3O5. The van der Waals surface area contributed by atoms with Crippen molar-refractivity contribution >= 4 is 11.7 Å². The Balaban J connectivity index is 1.34. The lowest BCUT2D eigenvalue weighted by Crippen LogP contribution is -2.25. The number of benzene rings is 2. The summed E-state index contributed by atoms with van der Waals surface area (Å²) in [5, 5.41) is 7.53. The molecule has 29 heavy (non-hydrogen) atoms. The van der Waals surface area contributed by atoms with Crippen LogP contribution >= 0.6 is 0 Å². The van der Waals surface area contributed by atoms with Crippen LogP contribution in [0.1, 0.15) is 29.0 Å². The highest BCUT2D eigenvalue weighted by Crippen LogP contribution is 2.41. The summed E-state index contributed by atoms with van der Waals surface area (Å²) in [6, 6.07) is 11.6. The van der Waals surface area contributed by atoms with Gasteiger partial charge in [-0.3, -0.25) is 4.79 Å². The van der Waals surface area contributed by atoms with Crippen LogP contribution < -0.4 is 24.3 Å². The van der Waals surface area contributed by atoms with Gasteiger partial charge in [-0.25, -0.2) is 4.68 Å². The molecule has 1 aromatic heterocycles. The van der Waals surface area contributed by atoms with Crippen molar-refractivity contribution in [2.24, 2.45) is 0 Å². The normalized spacial score (nSPS) is 18.5. The Bertz CT molecular complexity index is 1140. The van der Waals surface area contributed by atoms with Gasteiger partial charge < -0.3 is 24.3 Å². The van der Waals surface area contributed by atoms with Gasteiger partial charge in [0.25, 0.3) is 0 Å². The standard InChI is InChI=1S/C21H17N3O5/c25-20-7-14(13-2-4-17-19(6-13)29-11-27-17)15-8-22-24(21(15)23-20)9-12-1-3-16-18(5-12)28-10-26-16/h1-6,8,14H,7,9-11H2,(H,23,25)/t14-/m0/s1. The molecule has 146 valence electrons. The summed E-state index contributed by atoms with van der Waals surface area (Å²) in [6.45, 7) is 0.978. The predicted octanol–water partition coefficient (Wildman–Crippen LogP) is 2.86. The Hall–Kier alpha value is -3.68. The van der Waals surface area contributed by atoms with E-state index < -0.39 is 0 Å². The van der Waals surface area contributed by atoms with Gasteiger partial charge in [-0.15, -0.1) is 0 Å². The smallest absolute Gasteiger partial charge is 0.231 e. The number of hydrogen-bond donors (Lipinski definition) is 1. The lowest BCUT2D eigenvalue weighted by atomic mass is 9.87. The second kappa shape index (κ2) is 6.16. The Kier molecular flexibility index (Phi) is 3.46. The molecule has 2 aromatic carbocycles. The minimum absolute atomic E-state index is 0.0346. The molecule has 6 rings (SSSR count). The maximum absolute atomic E-state index is 12.5. The number of ether oxygens (including phenoxy) is 4. The zero-order valence-electron chi connectivity index (χ0n) is 15.4. The van der Waals surface area contributed by atoms with Gasteiger partial charge in [0.2, 0.25) is 19.5 Å². The molecule has 0 saturated heterocycles. The van der Waals surface area contributed by atoms with Gasteiger partial charge in [-0.1, -0.05) is 12.1 Å². The van der Waals surface area contributed by atoms with Crippen molar-refractivity contribution in [2.45, 2.75) is 18.9 Å². The number of hydrogen-bond acceptors (Lipinski definition) is 6. The molecule has 8 heteroatoms. The second-order valence-electron chi connectivity index (χ2n) is 7.21. The average Bonchev–Trinajstić information content (AvgIpc) is 3.46. The molecular weight excluding hydrogens is 374 g/mol. The van der Waals surface area contributed by atoms with E-state index >= 15 is 0 Å². The van der Waals surface area contributed by atoms with E-state index in [1.165, 1.54) is 0 Å². The van der Waals surface area contributed by atoms with Crippen molar-refractivity contribution in [3.63, 3.8) is 0 Å². The Morgan fingerprint density at radius 3 is 2.52 bits per heavy atom. The maximum atomic E-state index is 12.5. The maximum Gasteiger partial charge on any atom is 0.231 e.